The van der Waals surface area contributed by atoms with Crippen molar-refractivity contribution in [1.82, 2.24) is 0 Å². The summed E-state index contributed by atoms with van der Waals surface area (Å²) in [5, 5.41) is 29.9. The molecule has 1 spiro atoms. The zero-order chi connectivity index (χ0) is 14.9. The summed E-state index contributed by atoms with van der Waals surface area (Å²) in [6.07, 6.45) is 0.0175. The minimum Gasteiger partial charge on any atom is -0.396 e. The van der Waals surface area contributed by atoms with Gasteiger partial charge in [0.15, 0.2) is 0 Å². The topological polar surface area (TPSA) is 79.2 Å². The maximum Gasteiger partial charge on any atom is 0.224 e. The van der Waals surface area contributed by atoms with Gasteiger partial charge in [-0.05, 0) is 24.8 Å². The summed E-state index contributed by atoms with van der Waals surface area (Å²) in [6.45, 7) is 0.440. The lowest BCUT2D eigenvalue weighted by Crippen LogP contribution is -2.57. The fourth-order valence-electron chi connectivity index (χ4n) is 3.32. The number of aliphatic hydroxyl groups excluding tert-OH is 3. The zero-order valence-electron chi connectivity index (χ0n) is 11.9. The zero-order valence-corrected chi connectivity index (χ0v) is 11.9. The highest BCUT2D eigenvalue weighted by Gasteiger charge is 2.52. The van der Waals surface area contributed by atoms with Crippen molar-refractivity contribution in [2.75, 3.05) is 13.2 Å². The van der Waals surface area contributed by atoms with Crippen molar-refractivity contribution in [3.8, 4) is 0 Å². The van der Waals surface area contributed by atoms with E-state index in [1.54, 1.807) is 0 Å². The first kappa shape index (κ1) is 14.9. The van der Waals surface area contributed by atoms with Crippen LogP contribution in [-0.4, -0.2) is 46.8 Å². The molecule has 1 saturated heterocycles. The molecule has 1 aromatic carbocycles. The molecule has 3 rings (SSSR count). The van der Waals surface area contributed by atoms with E-state index in [4.69, 9.17) is 14.6 Å². The first-order chi connectivity index (χ1) is 10.2. The fourth-order valence-corrected chi connectivity index (χ4v) is 3.32. The molecule has 4 atom stereocenters. The third-order valence-corrected chi connectivity index (χ3v) is 4.35. The van der Waals surface area contributed by atoms with E-state index in [0.717, 1.165) is 24.0 Å². The summed E-state index contributed by atoms with van der Waals surface area (Å²) in [6, 6.07) is 7.73. The van der Waals surface area contributed by atoms with E-state index in [0.29, 0.717) is 19.4 Å². The number of aliphatic hydroxyl groups is 3. The molecule has 3 N–H and O–H groups in total. The second-order valence-corrected chi connectivity index (χ2v) is 5.78. The van der Waals surface area contributed by atoms with Gasteiger partial charge in [-0.3, -0.25) is 0 Å². The summed E-state index contributed by atoms with van der Waals surface area (Å²) in [7, 11) is 0. The Morgan fingerprint density at radius 1 is 1.24 bits per heavy atom. The number of hydrogen-bond acceptors (Lipinski definition) is 5. The Morgan fingerprint density at radius 3 is 2.86 bits per heavy atom. The summed E-state index contributed by atoms with van der Waals surface area (Å²) < 4.78 is 12.0. The van der Waals surface area contributed by atoms with Crippen LogP contribution in [0.3, 0.4) is 0 Å². The van der Waals surface area contributed by atoms with Gasteiger partial charge in [0.2, 0.25) is 5.79 Å². The normalized spacial score (nSPS) is 36.2. The molecule has 2 heterocycles. The smallest absolute Gasteiger partial charge is 0.224 e. The second-order valence-electron chi connectivity index (χ2n) is 5.78. The van der Waals surface area contributed by atoms with Gasteiger partial charge in [0, 0.05) is 18.6 Å². The molecular weight excluding hydrogens is 272 g/mol. The van der Waals surface area contributed by atoms with E-state index in [2.05, 4.69) is 0 Å². The number of fused-ring (bicyclic) bond motifs is 2. The maximum atomic E-state index is 10.5. The molecule has 1 fully saturated rings. The Morgan fingerprint density at radius 2 is 2.05 bits per heavy atom. The molecule has 2 aliphatic heterocycles. The van der Waals surface area contributed by atoms with Crippen LogP contribution >= 0.6 is 0 Å². The summed E-state index contributed by atoms with van der Waals surface area (Å²) in [5.41, 5.74) is 1.86. The highest BCUT2D eigenvalue weighted by Crippen LogP contribution is 2.43. The quantitative estimate of drug-likeness (QED) is 0.748. The molecule has 0 bridgehead atoms. The van der Waals surface area contributed by atoms with E-state index in [1.165, 1.54) is 0 Å². The first-order valence-corrected chi connectivity index (χ1v) is 7.54. The molecular formula is C16H22O5. The van der Waals surface area contributed by atoms with Gasteiger partial charge >= 0.3 is 0 Å². The van der Waals surface area contributed by atoms with E-state index >= 15 is 0 Å². The second kappa shape index (κ2) is 6.02. The van der Waals surface area contributed by atoms with E-state index in [9.17, 15) is 10.2 Å². The molecule has 1 aromatic rings. The average molecular weight is 294 g/mol. The molecule has 0 aromatic heterocycles. The number of benzene rings is 1. The molecule has 5 nitrogen and oxygen atoms in total. The lowest BCUT2D eigenvalue weighted by Gasteiger charge is -2.46. The molecule has 5 heteroatoms. The van der Waals surface area contributed by atoms with Crippen LogP contribution in [0.5, 0.6) is 0 Å². The van der Waals surface area contributed by atoms with Crippen molar-refractivity contribution in [3.05, 3.63) is 35.4 Å². The van der Waals surface area contributed by atoms with Gasteiger partial charge in [0.05, 0.1) is 18.8 Å². The van der Waals surface area contributed by atoms with Crippen LogP contribution in [0.1, 0.15) is 30.4 Å². The summed E-state index contributed by atoms with van der Waals surface area (Å²) in [5.74, 6) is -1.33. The lowest BCUT2D eigenvalue weighted by atomic mass is 9.86. The van der Waals surface area contributed by atoms with Crippen LogP contribution < -0.4 is 0 Å². The highest BCUT2D eigenvalue weighted by molar-refractivity contribution is 5.34. The van der Waals surface area contributed by atoms with Gasteiger partial charge in [-0.15, -0.1) is 0 Å². The average Bonchev–Trinajstić information content (AvgIpc) is 2.66. The van der Waals surface area contributed by atoms with Gasteiger partial charge in [-0.2, -0.15) is 0 Å². The van der Waals surface area contributed by atoms with Gasteiger partial charge < -0.3 is 24.8 Å². The molecule has 0 aliphatic carbocycles. The van der Waals surface area contributed by atoms with Crippen molar-refractivity contribution in [3.63, 3.8) is 0 Å². The van der Waals surface area contributed by atoms with Gasteiger partial charge in [0.1, 0.15) is 6.10 Å². The lowest BCUT2D eigenvalue weighted by molar-refractivity contribution is -0.350. The van der Waals surface area contributed by atoms with E-state index in [1.807, 2.05) is 24.3 Å². The number of hydrogen-bond donors (Lipinski definition) is 3. The van der Waals surface area contributed by atoms with Gasteiger partial charge in [-0.1, -0.05) is 24.3 Å². The Labute approximate surface area is 124 Å². The molecule has 0 amide bonds. The number of ether oxygens (including phenoxy) is 2. The Bertz CT molecular complexity index is 491. The Balaban J connectivity index is 2.03. The van der Waals surface area contributed by atoms with Crippen LogP contribution in [0.2, 0.25) is 0 Å². The van der Waals surface area contributed by atoms with E-state index < -0.39 is 18.0 Å². The first-order valence-electron chi connectivity index (χ1n) is 7.54. The fraction of sp³-hybridized carbons (Fsp3) is 0.625. The van der Waals surface area contributed by atoms with E-state index in [-0.39, 0.29) is 12.7 Å². The molecule has 0 radical (unpaired) electrons. The molecule has 116 valence electrons. The summed E-state index contributed by atoms with van der Waals surface area (Å²) >= 11 is 0. The molecule has 2 aliphatic rings. The standard InChI is InChI=1S/C16H22O5/c17-8-7-12-10-14(18)15(19)16(21-12)13-6-2-1-4-11(13)5-3-9-20-16/h1-2,4,6,12,14-15,17-19H,3,5,7-10H2/t12-,14+,15-,16+/m1/s1. The Hall–Kier alpha value is -0.980. The van der Waals surface area contributed by atoms with Crippen LogP contribution in [0.25, 0.3) is 0 Å². The molecule has 21 heavy (non-hydrogen) atoms. The van der Waals surface area contributed by atoms with Crippen molar-refractivity contribution in [2.24, 2.45) is 0 Å². The predicted octanol–water partition coefficient (Wildman–Crippen LogP) is 0.695. The highest BCUT2D eigenvalue weighted by atomic mass is 16.7. The van der Waals surface area contributed by atoms with Crippen molar-refractivity contribution in [2.45, 2.75) is 49.8 Å². The van der Waals surface area contributed by atoms with Gasteiger partial charge in [0.25, 0.3) is 0 Å². The van der Waals surface area contributed by atoms with Crippen LogP contribution in [0, 0.1) is 0 Å². The summed E-state index contributed by atoms with van der Waals surface area (Å²) in [4.78, 5) is 0. The van der Waals surface area contributed by atoms with Crippen LogP contribution in [0.15, 0.2) is 24.3 Å². The van der Waals surface area contributed by atoms with Crippen molar-refractivity contribution < 1.29 is 24.8 Å². The monoisotopic (exact) mass is 294 g/mol. The minimum absolute atomic E-state index is 0.0226. The number of rotatable bonds is 2. The largest absolute Gasteiger partial charge is 0.396 e. The molecule has 0 unspecified atom stereocenters. The number of aryl methyl sites for hydroxylation is 1. The predicted molar refractivity (Wildman–Crippen MR) is 75.6 cm³/mol. The SMILES string of the molecule is OCC[C@@H]1C[C@H](O)[C@@H](O)[C@@]2(OCCCc3ccccc32)O1. The maximum absolute atomic E-state index is 10.5. The third-order valence-electron chi connectivity index (χ3n) is 4.35. The molecule has 0 saturated carbocycles. The third kappa shape index (κ3) is 2.60. The van der Waals surface area contributed by atoms with Crippen LogP contribution in [0.4, 0.5) is 0 Å². The van der Waals surface area contributed by atoms with Crippen molar-refractivity contribution >= 4 is 0 Å². The van der Waals surface area contributed by atoms with Crippen LogP contribution in [-0.2, 0) is 21.7 Å². The van der Waals surface area contributed by atoms with Gasteiger partial charge in [-0.25, -0.2) is 0 Å². The minimum atomic E-state index is -1.33. The van der Waals surface area contributed by atoms with Crippen molar-refractivity contribution in [1.29, 1.82) is 0 Å². The Kier molecular flexibility index (Phi) is 4.28.